The van der Waals surface area contributed by atoms with Crippen LogP contribution in [0.5, 0.6) is 5.75 Å². The number of rotatable bonds is 6. The summed E-state index contributed by atoms with van der Waals surface area (Å²) in [4.78, 5) is 22.3. The lowest BCUT2D eigenvalue weighted by atomic mass is 10.3. The number of ether oxygens (including phenoxy) is 2. The van der Waals surface area contributed by atoms with Crippen LogP contribution in [0.3, 0.4) is 0 Å². The molecule has 1 aromatic carbocycles. The summed E-state index contributed by atoms with van der Waals surface area (Å²) < 4.78 is 44.0. The minimum atomic E-state index is -4.75. The number of benzene rings is 1. The van der Waals surface area contributed by atoms with Crippen LogP contribution in [0, 0.1) is 0 Å². The zero-order chi connectivity index (χ0) is 15.9. The average molecular weight is 323 g/mol. The fraction of sp³-hybridized carbons (Fsp3) is 0.333. The monoisotopic (exact) mass is 323 g/mol. The van der Waals surface area contributed by atoms with Crippen molar-refractivity contribution in [1.82, 2.24) is 0 Å². The van der Waals surface area contributed by atoms with Gasteiger partial charge in [0.05, 0.1) is 18.6 Å². The van der Waals surface area contributed by atoms with Crippen molar-refractivity contribution in [1.29, 1.82) is 0 Å². The van der Waals surface area contributed by atoms with Crippen LogP contribution in [0.2, 0.25) is 0 Å². The normalized spacial score (nSPS) is 10.9. The molecule has 116 valence electrons. The van der Waals surface area contributed by atoms with E-state index in [1.807, 2.05) is 0 Å². The number of nitrogens with one attached hydrogen (secondary N) is 1. The Morgan fingerprint density at radius 3 is 2.33 bits per heavy atom. The van der Waals surface area contributed by atoms with Crippen LogP contribution >= 0.6 is 11.8 Å². The van der Waals surface area contributed by atoms with Crippen molar-refractivity contribution in [2.45, 2.75) is 6.36 Å². The van der Waals surface area contributed by atoms with E-state index >= 15 is 0 Å². The van der Waals surface area contributed by atoms with Gasteiger partial charge >= 0.3 is 12.3 Å². The number of hydrogen-bond donors (Lipinski definition) is 1. The number of anilines is 1. The summed E-state index contributed by atoms with van der Waals surface area (Å²) in [5.41, 5.74) is 0.327. The van der Waals surface area contributed by atoms with Gasteiger partial charge in [-0.3, -0.25) is 9.59 Å². The largest absolute Gasteiger partial charge is 0.573 e. The maximum atomic E-state index is 12.0. The molecule has 0 atom stereocenters. The highest BCUT2D eigenvalue weighted by molar-refractivity contribution is 8.00. The SMILES string of the molecule is COC(=O)CSCC(=O)Nc1ccc(OC(F)(F)F)cc1. The Morgan fingerprint density at radius 2 is 1.81 bits per heavy atom. The van der Waals surface area contributed by atoms with E-state index in [-0.39, 0.29) is 23.2 Å². The highest BCUT2D eigenvalue weighted by atomic mass is 32.2. The highest BCUT2D eigenvalue weighted by Gasteiger charge is 2.30. The molecule has 0 saturated carbocycles. The molecular weight excluding hydrogens is 311 g/mol. The van der Waals surface area contributed by atoms with E-state index in [4.69, 9.17) is 0 Å². The fourth-order valence-electron chi connectivity index (χ4n) is 1.22. The third-order valence-electron chi connectivity index (χ3n) is 2.05. The van der Waals surface area contributed by atoms with E-state index in [1.54, 1.807) is 0 Å². The van der Waals surface area contributed by atoms with Crippen molar-refractivity contribution < 1.29 is 32.2 Å². The highest BCUT2D eigenvalue weighted by Crippen LogP contribution is 2.23. The van der Waals surface area contributed by atoms with E-state index in [9.17, 15) is 22.8 Å². The number of amides is 1. The minimum absolute atomic E-state index is 0.0237. The topological polar surface area (TPSA) is 64.6 Å². The molecule has 1 aromatic rings. The van der Waals surface area contributed by atoms with Crippen molar-refractivity contribution in [2.24, 2.45) is 0 Å². The summed E-state index contributed by atoms with van der Waals surface area (Å²) in [6.07, 6.45) is -4.75. The smallest absolute Gasteiger partial charge is 0.468 e. The van der Waals surface area contributed by atoms with Gasteiger partial charge in [-0.05, 0) is 24.3 Å². The molecule has 0 radical (unpaired) electrons. The minimum Gasteiger partial charge on any atom is -0.468 e. The van der Waals surface area contributed by atoms with Gasteiger partial charge in [0, 0.05) is 5.69 Å². The first-order valence-electron chi connectivity index (χ1n) is 5.60. The molecule has 0 unspecified atom stereocenters. The standard InChI is InChI=1S/C12H12F3NO4S/c1-19-11(18)7-21-6-10(17)16-8-2-4-9(5-3-8)20-12(13,14)15/h2-5H,6-7H2,1H3,(H,16,17). The fourth-order valence-corrected chi connectivity index (χ4v) is 1.87. The Balaban J connectivity index is 2.41. The lowest BCUT2D eigenvalue weighted by Crippen LogP contribution is -2.17. The number of carbonyl (C=O) groups is 2. The van der Waals surface area contributed by atoms with E-state index < -0.39 is 12.3 Å². The Bertz CT molecular complexity index is 490. The lowest BCUT2D eigenvalue weighted by Gasteiger charge is -2.09. The predicted molar refractivity (Wildman–Crippen MR) is 71.1 cm³/mol. The van der Waals surface area contributed by atoms with Crippen molar-refractivity contribution in [3.05, 3.63) is 24.3 Å². The second-order valence-corrected chi connectivity index (χ2v) is 4.67. The third-order valence-corrected chi connectivity index (χ3v) is 2.96. The van der Waals surface area contributed by atoms with Gasteiger partial charge in [-0.2, -0.15) is 0 Å². The molecule has 0 aliphatic carbocycles. The lowest BCUT2D eigenvalue weighted by molar-refractivity contribution is -0.274. The molecule has 0 bridgehead atoms. The van der Waals surface area contributed by atoms with Gasteiger partial charge in [0.2, 0.25) is 5.91 Å². The number of hydrogen-bond acceptors (Lipinski definition) is 5. The molecule has 21 heavy (non-hydrogen) atoms. The first-order chi connectivity index (χ1) is 9.80. The Hall–Kier alpha value is -1.90. The van der Waals surface area contributed by atoms with Crippen LogP contribution in [0.25, 0.3) is 0 Å². The summed E-state index contributed by atoms with van der Waals surface area (Å²) in [5, 5.41) is 2.48. The van der Waals surface area contributed by atoms with Gasteiger partial charge in [0.15, 0.2) is 0 Å². The summed E-state index contributed by atoms with van der Waals surface area (Å²) >= 11 is 1.06. The van der Waals surface area contributed by atoms with Crippen molar-refractivity contribution in [2.75, 3.05) is 23.9 Å². The van der Waals surface area contributed by atoms with Gasteiger partial charge in [0.1, 0.15) is 5.75 Å². The average Bonchev–Trinajstić information content (AvgIpc) is 2.39. The second-order valence-electron chi connectivity index (χ2n) is 3.69. The second kappa shape index (κ2) is 7.77. The van der Waals surface area contributed by atoms with Crippen LogP contribution in [-0.2, 0) is 14.3 Å². The molecular formula is C12H12F3NO4S. The molecule has 0 aliphatic heterocycles. The van der Waals surface area contributed by atoms with E-state index in [2.05, 4.69) is 14.8 Å². The van der Waals surface area contributed by atoms with Crippen LogP contribution in [0.15, 0.2) is 24.3 Å². The van der Waals surface area contributed by atoms with E-state index in [0.717, 1.165) is 23.9 Å². The molecule has 9 heteroatoms. The van der Waals surface area contributed by atoms with Crippen molar-refractivity contribution in [3.63, 3.8) is 0 Å². The number of esters is 1. The number of thioether (sulfide) groups is 1. The van der Waals surface area contributed by atoms with Crippen LogP contribution < -0.4 is 10.1 Å². The molecule has 0 saturated heterocycles. The molecule has 0 aromatic heterocycles. The van der Waals surface area contributed by atoms with Gasteiger partial charge in [0.25, 0.3) is 0 Å². The summed E-state index contributed by atoms with van der Waals surface area (Å²) in [5.74, 6) is -1.13. The summed E-state index contributed by atoms with van der Waals surface area (Å²) in [6.45, 7) is 0. The first-order valence-corrected chi connectivity index (χ1v) is 6.76. The first kappa shape index (κ1) is 17.2. The summed E-state index contributed by atoms with van der Waals surface area (Å²) in [7, 11) is 1.24. The zero-order valence-electron chi connectivity index (χ0n) is 10.9. The van der Waals surface area contributed by atoms with Crippen LogP contribution in [-0.4, -0.2) is 36.9 Å². The molecule has 1 amide bonds. The molecule has 0 spiro atoms. The molecule has 1 N–H and O–H groups in total. The van der Waals surface area contributed by atoms with Gasteiger partial charge in [-0.1, -0.05) is 0 Å². The number of halogens is 3. The Labute approximate surface area is 122 Å². The van der Waals surface area contributed by atoms with Gasteiger partial charge in [-0.25, -0.2) is 0 Å². The zero-order valence-corrected chi connectivity index (χ0v) is 11.7. The Kier molecular flexibility index (Phi) is 6.35. The van der Waals surface area contributed by atoms with Crippen LogP contribution in [0.1, 0.15) is 0 Å². The summed E-state index contributed by atoms with van der Waals surface area (Å²) in [6, 6.07) is 4.74. The maximum Gasteiger partial charge on any atom is 0.573 e. The third kappa shape index (κ3) is 7.45. The predicted octanol–water partition coefficient (Wildman–Crippen LogP) is 2.43. The molecule has 1 rings (SSSR count). The molecule has 0 aliphatic rings. The van der Waals surface area contributed by atoms with Crippen molar-refractivity contribution >= 4 is 29.3 Å². The molecule has 0 fully saturated rings. The van der Waals surface area contributed by atoms with Crippen molar-refractivity contribution in [3.8, 4) is 5.75 Å². The Morgan fingerprint density at radius 1 is 1.19 bits per heavy atom. The number of methoxy groups -OCH3 is 1. The van der Waals surface area contributed by atoms with Crippen LogP contribution in [0.4, 0.5) is 18.9 Å². The van der Waals surface area contributed by atoms with Gasteiger partial charge in [-0.15, -0.1) is 24.9 Å². The maximum absolute atomic E-state index is 12.0. The molecule has 5 nitrogen and oxygen atoms in total. The number of carbonyl (C=O) groups excluding carboxylic acids is 2. The molecule has 0 heterocycles. The quantitative estimate of drug-likeness (QED) is 0.815. The van der Waals surface area contributed by atoms with E-state index in [0.29, 0.717) is 5.69 Å². The number of alkyl halides is 3. The van der Waals surface area contributed by atoms with Gasteiger partial charge < -0.3 is 14.8 Å². The van der Waals surface area contributed by atoms with E-state index in [1.165, 1.54) is 19.2 Å².